The summed E-state index contributed by atoms with van der Waals surface area (Å²) in [7, 11) is 1.34. The third kappa shape index (κ3) is 5.73. The minimum atomic E-state index is -1.93. The number of ether oxygens (including phenoxy) is 4. The number of anilines is 1. The quantitative estimate of drug-likeness (QED) is 0.455. The van der Waals surface area contributed by atoms with Gasteiger partial charge in [-0.15, -0.1) is 0 Å². The fourth-order valence-corrected chi connectivity index (χ4v) is 4.32. The molecule has 0 unspecified atom stereocenters. The SMILES string of the molecule is CCCCn1c(=O)n([C@@H]2O[C@H]([C@H](CC)OC(C)=O)[C@H](F)[C@H]2OC(C)=O)c2nc(NC(C)=O)nc(OC)c21. The number of carbonyl (C=O) groups excluding carboxylic acids is 3. The third-order valence-corrected chi connectivity index (χ3v) is 5.83. The van der Waals surface area contributed by atoms with E-state index in [2.05, 4.69) is 15.3 Å². The largest absolute Gasteiger partial charge is 0.479 e. The van der Waals surface area contributed by atoms with E-state index in [-0.39, 0.29) is 36.0 Å². The van der Waals surface area contributed by atoms with Gasteiger partial charge in [0, 0.05) is 27.3 Å². The van der Waals surface area contributed by atoms with Crippen molar-refractivity contribution in [3.8, 4) is 5.88 Å². The molecule has 1 amide bonds. The monoisotopic (exact) mass is 525 g/mol. The van der Waals surface area contributed by atoms with Crippen LogP contribution in [-0.4, -0.2) is 68.5 Å². The zero-order chi connectivity index (χ0) is 27.4. The smallest absolute Gasteiger partial charge is 0.332 e. The van der Waals surface area contributed by atoms with Crippen LogP contribution in [-0.2, 0) is 35.1 Å². The third-order valence-electron chi connectivity index (χ3n) is 5.83. The van der Waals surface area contributed by atoms with E-state index in [1.807, 2.05) is 6.92 Å². The summed E-state index contributed by atoms with van der Waals surface area (Å²) in [5.74, 6) is -2.05. The summed E-state index contributed by atoms with van der Waals surface area (Å²) in [5.41, 5.74) is -0.454. The van der Waals surface area contributed by atoms with Gasteiger partial charge in [-0.05, 0) is 12.8 Å². The van der Waals surface area contributed by atoms with E-state index in [9.17, 15) is 19.2 Å². The zero-order valence-electron chi connectivity index (χ0n) is 21.6. The number of alkyl halides is 1. The first-order valence-electron chi connectivity index (χ1n) is 12.0. The number of nitrogens with zero attached hydrogens (tertiary/aromatic N) is 4. The van der Waals surface area contributed by atoms with E-state index in [1.54, 1.807) is 6.92 Å². The van der Waals surface area contributed by atoms with Crippen molar-refractivity contribution in [3.63, 3.8) is 0 Å². The molecule has 3 rings (SSSR count). The van der Waals surface area contributed by atoms with Gasteiger partial charge in [0.05, 0.1) is 7.11 Å². The van der Waals surface area contributed by atoms with Gasteiger partial charge in [0.15, 0.2) is 29.7 Å². The van der Waals surface area contributed by atoms with E-state index in [0.29, 0.717) is 6.42 Å². The molecular weight excluding hydrogens is 493 g/mol. The zero-order valence-corrected chi connectivity index (χ0v) is 21.6. The molecule has 14 heteroatoms. The lowest BCUT2D eigenvalue weighted by Crippen LogP contribution is -2.39. The number of unbranched alkanes of at least 4 members (excludes halogenated alkanes) is 1. The van der Waals surface area contributed by atoms with Crippen molar-refractivity contribution in [1.82, 2.24) is 19.1 Å². The van der Waals surface area contributed by atoms with Crippen molar-refractivity contribution in [2.24, 2.45) is 0 Å². The minimum Gasteiger partial charge on any atom is -0.479 e. The molecule has 1 N–H and O–H groups in total. The minimum absolute atomic E-state index is 0.00225. The summed E-state index contributed by atoms with van der Waals surface area (Å²) in [6.07, 6.45) is -5.69. The number of aromatic nitrogens is 4. The summed E-state index contributed by atoms with van der Waals surface area (Å²) >= 11 is 0. The Kier molecular flexibility index (Phi) is 8.84. The Labute approximate surface area is 212 Å². The summed E-state index contributed by atoms with van der Waals surface area (Å²) in [4.78, 5) is 57.4. The van der Waals surface area contributed by atoms with Crippen LogP contribution in [0.1, 0.15) is 60.1 Å². The number of methoxy groups -OCH3 is 1. The molecule has 2 aromatic rings. The number of amides is 1. The molecule has 1 aliphatic rings. The molecule has 13 nitrogen and oxygen atoms in total. The number of esters is 2. The van der Waals surface area contributed by atoms with Gasteiger partial charge in [-0.2, -0.15) is 9.97 Å². The van der Waals surface area contributed by atoms with Crippen molar-refractivity contribution >= 4 is 35.0 Å². The normalized spacial score (nSPS) is 22.0. The molecule has 0 bridgehead atoms. The van der Waals surface area contributed by atoms with Gasteiger partial charge in [0.2, 0.25) is 17.7 Å². The van der Waals surface area contributed by atoms with Gasteiger partial charge in [-0.25, -0.2) is 13.8 Å². The number of carbonyl (C=O) groups is 3. The molecule has 0 aliphatic carbocycles. The highest BCUT2D eigenvalue weighted by Gasteiger charge is 2.53. The second-order valence-electron chi connectivity index (χ2n) is 8.63. The fraction of sp³-hybridized carbons (Fsp3) is 0.652. The Morgan fingerprint density at radius 3 is 2.41 bits per heavy atom. The molecule has 1 fully saturated rings. The number of halogens is 1. The highest BCUT2D eigenvalue weighted by Crippen LogP contribution is 2.38. The van der Waals surface area contributed by atoms with Crippen LogP contribution < -0.4 is 15.7 Å². The lowest BCUT2D eigenvalue weighted by atomic mass is 10.0. The maximum Gasteiger partial charge on any atom is 0.332 e. The Morgan fingerprint density at radius 1 is 1.16 bits per heavy atom. The van der Waals surface area contributed by atoms with Crippen molar-refractivity contribution in [3.05, 3.63) is 10.5 Å². The predicted octanol–water partition coefficient (Wildman–Crippen LogP) is 1.87. The average Bonchev–Trinajstić information content (AvgIpc) is 3.27. The Hall–Kier alpha value is -3.55. The Morgan fingerprint density at radius 2 is 1.86 bits per heavy atom. The van der Waals surface area contributed by atoms with Crippen LogP contribution in [0.5, 0.6) is 5.88 Å². The number of hydrogen-bond acceptors (Lipinski definition) is 10. The van der Waals surface area contributed by atoms with Crippen LogP contribution in [0.4, 0.5) is 10.3 Å². The summed E-state index contributed by atoms with van der Waals surface area (Å²) < 4.78 is 40.0. The number of hydrogen-bond donors (Lipinski definition) is 1. The molecule has 0 spiro atoms. The maximum absolute atomic E-state index is 15.7. The van der Waals surface area contributed by atoms with E-state index >= 15 is 4.39 Å². The van der Waals surface area contributed by atoms with Gasteiger partial charge < -0.3 is 18.9 Å². The van der Waals surface area contributed by atoms with Crippen LogP contribution >= 0.6 is 0 Å². The van der Waals surface area contributed by atoms with Crippen LogP contribution in [0, 0.1) is 0 Å². The van der Waals surface area contributed by atoms with E-state index in [4.69, 9.17) is 18.9 Å². The summed E-state index contributed by atoms with van der Waals surface area (Å²) in [5, 5.41) is 2.45. The summed E-state index contributed by atoms with van der Waals surface area (Å²) in [6, 6.07) is 0. The maximum atomic E-state index is 15.7. The van der Waals surface area contributed by atoms with E-state index in [0.717, 1.165) is 17.9 Å². The first kappa shape index (κ1) is 28.0. The van der Waals surface area contributed by atoms with Gasteiger partial charge in [-0.3, -0.25) is 24.3 Å². The van der Waals surface area contributed by atoms with Gasteiger partial charge in [0.1, 0.15) is 12.2 Å². The van der Waals surface area contributed by atoms with Crippen molar-refractivity contribution in [1.29, 1.82) is 0 Å². The summed E-state index contributed by atoms with van der Waals surface area (Å²) in [6.45, 7) is 7.43. The molecule has 204 valence electrons. The van der Waals surface area contributed by atoms with Crippen molar-refractivity contribution in [2.75, 3.05) is 12.4 Å². The number of fused-ring (bicyclic) bond motifs is 1. The second kappa shape index (κ2) is 11.7. The molecule has 0 saturated carbocycles. The van der Waals surface area contributed by atoms with Crippen LogP contribution in [0.2, 0.25) is 0 Å². The fourth-order valence-electron chi connectivity index (χ4n) is 4.32. The van der Waals surface area contributed by atoms with E-state index in [1.165, 1.54) is 25.5 Å². The standard InChI is InChI=1S/C23H32FN5O8/c1-7-9-10-28-16-19(26-22(25-11(3)30)27-20(16)34-6)29(23(28)33)21-18(36-13(5)32)15(24)17(37-21)14(8-2)35-12(4)31/h14-15,17-18,21H,7-10H2,1-6H3,(H,25,26,27,30)/t14-,15-,17+,18+,21+/m0/s1. The number of imidazole rings is 1. The topological polar surface area (TPSA) is 153 Å². The molecule has 5 atom stereocenters. The molecule has 2 aromatic heterocycles. The number of aryl methyl sites for hydroxylation is 1. The second-order valence-corrected chi connectivity index (χ2v) is 8.63. The first-order valence-corrected chi connectivity index (χ1v) is 12.0. The van der Waals surface area contributed by atoms with Crippen molar-refractivity contribution < 1.29 is 37.7 Å². The predicted molar refractivity (Wildman–Crippen MR) is 128 cm³/mol. The first-order chi connectivity index (χ1) is 17.5. The van der Waals surface area contributed by atoms with Crippen LogP contribution in [0.25, 0.3) is 11.2 Å². The van der Waals surface area contributed by atoms with Gasteiger partial charge in [-0.1, -0.05) is 20.3 Å². The lowest BCUT2D eigenvalue weighted by Gasteiger charge is -2.23. The number of rotatable bonds is 10. The molecule has 37 heavy (non-hydrogen) atoms. The van der Waals surface area contributed by atoms with E-state index < -0.39 is 54.2 Å². The highest BCUT2D eigenvalue weighted by molar-refractivity contribution is 5.88. The Bertz CT molecular complexity index is 1230. The lowest BCUT2D eigenvalue weighted by molar-refractivity contribution is -0.159. The van der Waals surface area contributed by atoms with Crippen LogP contribution in [0.15, 0.2) is 4.79 Å². The molecule has 3 heterocycles. The molecular formula is C23H32FN5O8. The van der Waals surface area contributed by atoms with Crippen molar-refractivity contribution in [2.45, 2.75) is 91.1 Å². The molecule has 0 aromatic carbocycles. The van der Waals surface area contributed by atoms with Gasteiger partial charge >= 0.3 is 17.6 Å². The molecule has 1 saturated heterocycles. The van der Waals surface area contributed by atoms with Gasteiger partial charge in [0.25, 0.3) is 0 Å². The molecule has 1 aliphatic heterocycles. The van der Waals surface area contributed by atoms with Crippen LogP contribution in [0.3, 0.4) is 0 Å². The average molecular weight is 526 g/mol. The number of nitrogens with one attached hydrogen (secondary N) is 1. The molecule has 0 radical (unpaired) electrons. The highest BCUT2D eigenvalue weighted by atomic mass is 19.1. The Balaban J connectivity index is 2.26.